The highest BCUT2D eigenvalue weighted by Gasteiger charge is 2.14. The third-order valence-electron chi connectivity index (χ3n) is 8.53. The first kappa shape index (κ1) is 24.6. The summed E-state index contributed by atoms with van der Waals surface area (Å²) in [6, 6.07) is 47.1. The number of aromatic nitrogens is 3. The molecule has 0 aliphatic carbocycles. The first-order valence-corrected chi connectivity index (χ1v) is 14.7. The molecule has 0 radical (unpaired) electrons. The minimum atomic E-state index is 0.897. The highest BCUT2D eigenvalue weighted by Crippen LogP contribution is 2.37. The van der Waals surface area contributed by atoms with Crippen molar-refractivity contribution in [1.29, 1.82) is 0 Å². The van der Waals surface area contributed by atoms with Crippen molar-refractivity contribution < 1.29 is 4.42 Å². The minimum absolute atomic E-state index is 0.897. The van der Waals surface area contributed by atoms with E-state index in [2.05, 4.69) is 136 Å². The van der Waals surface area contributed by atoms with Crippen molar-refractivity contribution in [3.63, 3.8) is 0 Å². The summed E-state index contributed by atoms with van der Waals surface area (Å²) in [6.45, 7) is 0. The Hall–Kier alpha value is -6.00. The summed E-state index contributed by atoms with van der Waals surface area (Å²) in [5.74, 6) is 0. The molecule has 0 N–H and O–H groups in total. The topological polar surface area (TPSA) is 43.9 Å². The van der Waals surface area contributed by atoms with Crippen LogP contribution in [0.25, 0.3) is 82.9 Å². The zero-order chi connectivity index (χ0) is 29.0. The lowest BCUT2D eigenvalue weighted by atomic mass is 9.97. The molecule has 0 spiro atoms. The number of fused-ring (bicyclic) bond motifs is 6. The van der Waals surface area contributed by atoms with Gasteiger partial charge in [0.15, 0.2) is 0 Å². The van der Waals surface area contributed by atoms with Gasteiger partial charge >= 0.3 is 0 Å². The summed E-state index contributed by atoms with van der Waals surface area (Å²) in [5, 5.41) is 3.30. The lowest BCUT2D eigenvalue weighted by Gasteiger charge is -2.11. The van der Waals surface area contributed by atoms with Crippen molar-refractivity contribution in [2.75, 3.05) is 0 Å². The van der Waals surface area contributed by atoms with E-state index in [1.54, 1.807) is 0 Å². The molecule has 4 aromatic heterocycles. The molecular formula is C40H25N3O. The first-order chi connectivity index (χ1) is 21.8. The van der Waals surface area contributed by atoms with Gasteiger partial charge in [0, 0.05) is 40.4 Å². The predicted molar refractivity (Wildman–Crippen MR) is 180 cm³/mol. The van der Waals surface area contributed by atoms with E-state index >= 15 is 0 Å². The van der Waals surface area contributed by atoms with Gasteiger partial charge < -0.3 is 8.98 Å². The Morgan fingerprint density at radius 1 is 0.455 bits per heavy atom. The van der Waals surface area contributed by atoms with Gasteiger partial charge in [-0.3, -0.25) is 9.97 Å². The summed E-state index contributed by atoms with van der Waals surface area (Å²) >= 11 is 0. The van der Waals surface area contributed by atoms with Crippen molar-refractivity contribution in [2.45, 2.75) is 0 Å². The first-order valence-electron chi connectivity index (χ1n) is 14.7. The maximum atomic E-state index is 6.23. The standard InChI is InChI=1S/C40H25N3O/c1-2-7-26(8-3-1)30-14-16-38-33(23-30)34-24-31(15-17-39(34)44-38)28-10-4-9-27(21-28)29-11-5-12-32(22-29)43-36-18-20-41-25-35(36)40-37(43)13-6-19-42-40/h1-25H. The molecule has 4 heteroatoms. The van der Waals surface area contributed by atoms with Crippen LogP contribution >= 0.6 is 0 Å². The molecule has 0 atom stereocenters. The van der Waals surface area contributed by atoms with E-state index in [1.165, 1.54) is 11.1 Å². The molecule has 0 amide bonds. The second-order valence-electron chi connectivity index (χ2n) is 11.1. The van der Waals surface area contributed by atoms with Crippen LogP contribution in [0.15, 0.2) is 156 Å². The fourth-order valence-electron chi connectivity index (χ4n) is 6.43. The average molecular weight is 564 g/mol. The Kier molecular flexibility index (Phi) is 5.47. The van der Waals surface area contributed by atoms with Crippen LogP contribution in [0.1, 0.15) is 0 Å². The van der Waals surface area contributed by atoms with Gasteiger partial charge in [-0.15, -0.1) is 0 Å². The second-order valence-corrected chi connectivity index (χ2v) is 11.1. The number of hydrogen-bond acceptors (Lipinski definition) is 3. The molecule has 0 saturated heterocycles. The van der Waals surface area contributed by atoms with Gasteiger partial charge in [-0.05, 0) is 94.0 Å². The van der Waals surface area contributed by atoms with Gasteiger partial charge in [-0.2, -0.15) is 0 Å². The van der Waals surface area contributed by atoms with Crippen molar-refractivity contribution in [2.24, 2.45) is 0 Å². The summed E-state index contributed by atoms with van der Waals surface area (Å²) in [7, 11) is 0. The largest absolute Gasteiger partial charge is 0.456 e. The number of nitrogens with zero attached hydrogens (tertiary/aromatic N) is 3. The van der Waals surface area contributed by atoms with Crippen LogP contribution in [0.4, 0.5) is 0 Å². The van der Waals surface area contributed by atoms with Gasteiger partial charge in [0.25, 0.3) is 0 Å². The monoisotopic (exact) mass is 563 g/mol. The van der Waals surface area contributed by atoms with E-state index in [1.807, 2.05) is 30.7 Å². The van der Waals surface area contributed by atoms with Crippen LogP contribution in [0.3, 0.4) is 0 Å². The van der Waals surface area contributed by atoms with Gasteiger partial charge in [-0.25, -0.2) is 0 Å². The maximum absolute atomic E-state index is 6.23. The predicted octanol–water partition coefficient (Wildman–Crippen LogP) is 10.5. The molecule has 9 aromatic rings. The van der Waals surface area contributed by atoms with E-state index in [0.29, 0.717) is 0 Å². The van der Waals surface area contributed by atoms with Crippen molar-refractivity contribution in [1.82, 2.24) is 14.5 Å². The zero-order valence-corrected chi connectivity index (χ0v) is 23.7. The lowest BCUT2D eigenvalue weighted by Crippen LogP contribution is -1.94. The van der Waals surface area contributed by atoms with E-state index in [9.17, 15) is 0 Å². The normalized spacial score (nSPS) is 11.6. The van der Waals surface area contributed by atoms with Crippen molar-refractivity contribution in [3.8, 4) is 39.1 Å². The zero-order valence-electron chi connectivity index (χ0n) is 23.7. The molecule has 206 valence electrons. The summed E-state index contributed by atoms with van der Waals surface area (Å²) in [4.78, 5) is 9.04. The Bertz CT molecular complexity index is 2450. The molecule has 4 nitrogen and oxygen atoms in total. The molecule has 4 heterocycles. The third kappa shape index (κ3) is 3.92. The summed E-state index contributed by atoms with van der Waals surface area (Å²) in [5.41, 5.74) is 13.0. The van der Waals surface area contributed by atoms with E-state index in [4.69, 9.17) is 4.42 Å². The second kappa shape index (κ2) is 9.79. The molecule has 0 saturated carbocycles. The number of pyridine rings is 2. The van der Waals surface area contributed by atoms with Crippen LogP contribution in [0.2, 0.25) is 0 Å². The van der Waals surface area contributed by atoms with Crippen molar-refractivity contribution >= 4 is 43.9 Å². The van der Waals surface area contributed by atoms with Gasteiger partial charge in [0.05, 0.1) is 16.6 Å². The smallest absolute Gasteiger partial charge is 0.135 e. The minimum Gasteiger partial charge on any atom is -0.456 e. The average Bonchev–Trinajstić information content (AvgIpc) is 3.64. The number of benzene rings is 5. The Morgan fingerprint density at radius 3 is 1.89 bits per heavy atom. The van der Waals surface area contributed by atoms with E-state index in [-0.39, 0.29) is 0 Å². The van der Waals surface area contributed by atoms with Crippen LogP contribution in [-0.4, -0.2) is 14.5 Å². The molecule has 5 aromatic carbocycles. The molecule has 9 rings (SSSR count). The van der Waals surface area contributed by atoms with Crippen molar-refractivity contribution in [3.05, 3.63) is 152 Å². The highest BCUT2D eigenvalue weighted by atomic mass is 16.3. The fourth-order valence-corrected chi connectivity index (χ4v) is 6.43. The third-order valence-corrected chi connectivity index (χ3v) is 8.53. The number of rotatable bonds is 4. The van der Waals surface area contributed by atoms with Crippen LogP contribution < -0.4 is 0 Å². The number of furan rings is 1. The van der Waals surface area contributed by atoms with Gasteiger partial charge in [0.2, 0.25) is 0 Å². The van der Waals surface area contributed by atoms with Gasteiger partial charge in [-0.1, -0.05) is 72.8 Å². The lowest BCUT2D eigenvalue weighted by molar-refractivity contribution is 0.669. The molecule has 0 fully saturated rings. The Morgan fingerprint density at radius 2 is 1.11 bits per heavy atom. The Labute approximate surface area is 253 Å². The van der Waals surface area contributed by atoms with Crippen LogP contribution in [0, 0.1) is 0 Å². The maximum Gasteiger partial charge on any atom is 0.135 e. The van der Waals surface area contributed by atoms with E-state index in [0.717, 1.165) is 71.8 Å². The summed E-state index contributed by atoms with van der Waals surface area (Å²) in [6.07, 6.45) is 5.58. The molecule has 0 aliphatic heterocycles. The fraction of sp³-hybridized carbons (Fsp3) is 0. The van der Waals surface area contributed by atoms with E-state index < -0.39 is 0 Å². The highest BCUT2D eigenvalue weighted by molar-refractivity contribution is 6.08. The Balaban J connectivity index is 1.14. The van der Waals surface area contributed by atoms with Crippen LogP contribution in [-0.2, 0) is 0 Å². The summed E-state index contributed by atoms with van der Waals surface area (Å²) < 4.78 is 8.50. The molecular weight excluding hydrogens is 538 g/mol. The molecule has 0 unspecified atom stereocenters. The molecule has 0 aliphatic rings. The SMILES string of the molecule is c1ccc(-c2ccc3oc4ccc(-c5cccc(-c6cccc(-n7c8ccncc8c8ncccc87)c6)c5)cc4c3c2)cc1. The van der Waals surface area contributed by atoms with Crippen LogP contribution in [0.5, 0.6) is 0 Å². The quantitative estimate of drug-likeness (QED) is 0.214. The molecule has 0 bridgehead atoms. The molecule has 44 heavy (non-hydrogen) atoms. The van der Waals surface area contributed by atoms with Gasteiger partial charge in [0.1, 0.15) is 11.2 Å². The number of hydrogen-bond donors (Lipinski definition) is 0.